The molecule has 0 aliphatic rings. The minimum absolute atomic E-state index is 0.134. The molecule has 0 rings (SSSR count). The first kappa shape index (κ1) is 9.88. The molecule has 0 fully saturated rings. The molecule has 0 radical (unpaired) electrons. The maximum atomic E-state index is 9.20. The molecule has 3 nitrogen and oxygen atoms in total. The molecule has 0 aliphatic heterocycles. The summed E-state index contributed by atoms with van der Waals surface area (Å²) in [6, 6.07) is 0. The third-order valence-corrected chi connectivity index (χ3v) is 1.31. The number of aliphatic hydroxyl groups is 1. The highest BCUT2D eigenvalue weighted by Crippen LogP contribution is 1.97. The zero-order valence-corrected chi connectivity index (χ0v) is 6.83. The smallest absolute Gasteiger partial charge is 0.103 e. The van der Waals surface area contributed by atoms with Gasteiger partial charge in [-0.3, -0.25) is 0 Å². The summed E-state index contributed by atoms with van der Waals surface area (Å²) in [6.07, 6.45) is -0.644. The van der Waals surface area contributed by atoms with E-state index in [4.69, 9.17) is 9.47 Å². The largest absolute Gasteiger partial charge is 0.388 e. The quantitative estimate of drug-likeness (QED) is 0.614. The predicted molar refractivity (Wildman–Crippen MR) is 39.0 cm³/mol. The van der Waals surface area contributed by atoms with Gasteiger partial charge in [0.2, 0.25) is 0 Å². The van der Waals surface area contributed by atoms with Crippen LogP contribution in [-0.4, -0.2) is 37.6 Å². The summed E-state index contributed by atoms with van der Waals surface area (Å²) in [6.45, 7) is 4.69. The van der Waals surface area contributed by atoms with Crippen molar-refractivity contribution in [3.8, 4) is 0 Å². The lowest BCUT2D eigenvalue weighted by Gasteiger charge is -2.17. The Hall–Kier alpha value is -0.120. The summed E-state index contributed by atoms with van der Waals surface area (Å²) < 4.78 is 9.87. The van der Waals surface area contributed by atoms with Gasteiger partial charge < -0.3 is 14.6 Å². The standard InChI is InChI=1S/C7H16O3/c1-4-10-6(2)7(8)5-9-3/h6-8H,4-5H2,1-3H3. The molecule has 3 heteroatoms. The van der Waals surface area contributed by atoms with Gasteiger partial charge in [0.15, 0.2) is 0 Å². The van der Waals surface area contributed by atoms with Crippen molar-refractivity contribution in [2.45, 2.75) is 26.1 Å². The van der Waals surface area contributed by atoms with Crippen molar-refractivity contribution in [2.75, 3.05) is 20.3 Å². The number of methoxy groups -OCH3 is 1. The molecule has 0 aromatic carbocycles. The Kier molecular flexibility index (Phi) is 5.58. The SMILES string of the molecule is CCOC(C)C(O)COC. The Labute approximate surface area is 62.0 Å². The van der Waals surface area contributed by atoms with Crippen LogP contribution in [0.2, 0.25) is 0 Å². The van der Waals surface area contributed by atoms with E-state index in [1.54, 1.807) is 7.11 Å². The number of rotatable bonds is 5. The van der Waals surface area contributed by atoms with E-state index in [1.165, 1.54) is 0 Å². The molecule has 0 aromatic heterocycles. The van der Waals surface area contributed by atoms with E-state index < -0.39 is 6.10 Å². The zero-order chi connectivity index (χ0) is 7.98. The number of ether oxygens (including phenoxy) is 2. The molecule has 2 atom stereocenters. The Bertz CT molecular complexity index is 65.3. The van der Waals surface area contributed by atoms with Crippen molar-refractivity contribution >= 4 is 0 Å². The van der Waals surface area contributed by atoms with Crippen molar-refractivity contribution in [3.63, 3.8) is 0 Å². The number of aliphatic hydroxyl groups excluding tert-OH is 1. The minimum atomic E-state index is -0.509. The van der Waals surface area contributed by atoms with Gasteiger partial charge in [0.25, 0.3) is 0 Å². The highest BCUT2D eigenvalue weighted by atomic mass is 16.5. The Morgan fingerprint density at radius 3 is 2.50 bits per heavy atom. The Morgan fingerprint density at radius 1 is 1.50 bits per heavy atom. The van der Waals surface area contributed by atoms with Crippen LogP contribution in [-0.2, 0) is 9.47 Å². The van der Waals surface area contributed by atoms with E-state index in [-0.39, 0.29) is 6.10 Å². The molecular formula is C7H16O3. The molecule has 62 valence electrons. The number of hydrogen-bond acceptors (Lipinski definition) is 3. The van der Waals surface area contributed by atoms with Gasteiger partial charge in [0, 0.05) is 13.7 Å². The second kappa shape index (κ2) is 5.65. The van der Waals surface area contributed by atoms with Gasteiger partial charge >= 0.3 is 0 Å². The zero-order valence-electron chi connectivity index (χ0n) is 6.83. The average Bonchev–Trinajstić information content (AvgIpc) is 1.89. The highest BCUT2D eigenvalue weighted by molar-refractivity contribution is 4.61. The normalized spacial score (nSPS) is 16.8. The fourth-order valence-corrected chi connectivity index (χ4v) is 0.680. The third kappa shape index (κ3) is 3.82. The molecule has 10 heavy (non-hydrogen) atoms. The van der Waals surface area contributed by atoms with Gasteiger partial charge in [-0.1, -0.05) is 0 Å². The summed E-state index contributed by atoms with van der Waals surface area (Å²) in [5.74, 6) is 0. The van der Waals surface area contributed by atoms with Crippen LogP contribution in [0.5, 0.6) is 0 Å². The Morgan fingerprint density at radius 2 is 2.10 bits per heavy atom. The van der Waals surface area contributed by atoms with Gasteiger partial charge in [-0.2, -0.15) is 0 Å². The van der Waals surface area contributed by atoms with Crippen LogP contribution in [0.4, 0.5) is 0 Å². The van der Waals surface area contributed by atoms with Crippen LogP contribution < -0.4 is 0 Å². The second-order valence-electron chi connectivity index (χ2n) is 2.18. The van der Waals surface area contributed by atoms with Gasteiger partial charge in [-0.15, -0.1) is 0 Å². The van der Waals surface area contributed by atoms with Gasteiger partial charge in [-0.05, 0) is 13.8 Å². The van der Waals surface area contributed by atoms with E-state index in [2.05, 4.69) is 0 Å². The highest BCUT2D eigenvalue weighted by Gasteiger charge is 2.12. The first-order chi connectivity index (χ1) is 4.72. The van der Waals surface area contributed by atoms with Gasteiger partial charge in [-0.25, -0.2) is 0 Å². The lowest BCUT2D eigenvalue weighted by molar-refractivity contribution is -0.0522. The molecular weight excluding hydrogens is 132 g/mol. The molecule has 0 saturated carbocycles. The van der Waals surface area contributed by atoms with Crippen LogP contribution in [0.1, 0.15) is 13.8 Å². The van der Waals surface area contributed by atoms with Crippen molar-refractivity contribution < 1.29 is 14.6 Å². The molecule has 0 saturated heterocycles. The van der Waals surface area contributed by atoms with E-state index in [0.717, 1.165) is 0 Å². The lowest BCUT2D eigenvalue weighted by Crippen LogP contribution is -2.30. The van der Waals surface area contributed by atoms with Crippen molar-refractivity contribution in [2.24, 2.45) is 0 Å². The fourth-order valence-electron chi connectivity index (χ4n) is 0.680. The van der Waals surface area contributed by atoms with Crippen LogP contribution in [0.25, 0.3) is 0 Å². The Balaban J connectivity index is 3.38. The average molecular weight is 148 g/mol. The van der Waals surface area contributed by atoms with E-state index in [1.807, 2.05) is 13.8 Å². The van der Waals surface area contributed by atoms with Crippen LogP contribution in [0.15, 0.2) is 0 Å². The van der Waals surface area contributed by atoms with E-state index >= 15 is 0 Å². The van der Waals surface area contributed by atoms with Crippen LogP contribution in [0, 0.1) is 0 Å². The molecule has 0 aromatic rings. The summed E-state index contributed by atoms with van der Waals surface area (Å²) in [5.41, 5.74) is 0. The van der Waals surface area contributed by atoms with Crippen LogP contribution in [0.3, 0.4) is 0 Å². The van der Waals surface area contributed by atoms with Crippen molar-refractivity contribution in [3.05, 3.63) is 0 Å². The maximum Gasteiger partial charge on any atom is 0.103 e. The molecule has 0 bridgehead atoms. The fraction of sp³-hybridized carbons (Fsp3) is 1.00. The predicted octanol–water partition coefficient (Wildman–Crippen LogP) is 0.419. The summed E-state index contributed by atoms with van der Waals surface area (Å²) >= 11 is 0. The molecule has 2 unspecified atom stereocenters. The van der Waals surface area contributed by atoms with Crippen molar-refractivity contribution in [1.82, 2.24) is 0 Å². The molecule has 0 amide bonds. The number of hydrogen-bond donors (Lipinski definition) is 1. The van der Waals surface area contributed by atoms with Crippen LogP contribution >= 0.6 is 0 Å². The lowest BCUT2D eigenvalue weighted by atomic mass is 10.2. The monoisotopic (exact) mass is 148 g/mol. The van der Waals surface area contributed by atoms with Gasteiger partial charge in [0.05, 0.1) is 12.7 Å². The molecule has 0 spiro atoms. The van der Waals surface area contributed by atoms with Crippen molar-refractivity contribution in [1.29, 1.82) is 0 Å². The van der Waals surface area contributed by atoms with Gasteiger partial charge in [0.1, 0.15) is 6.10 Å². The van der Waals surface area contributed by atoms with E-state index in [9.17, 15) is 5.11 Å². The summed E-state index contributed by atoms with van der Waals surface area (Å²) in [5, 5.41) is 9.20. The molecule has 1 N–H and O–H groups in total. The first-order valence-electron chi connectivity index (χ1n) is 3.51. The summed E-state index contributed by atoms with van der Waals surface area (Å²) in [4.78, 5) is 0. The second-order valence-corrected chi connectivity index (χ2v) is 2.18. The maximum absolute atomic E-state index is 9.20. The topological polar surface area (TPSA) is 38.7 Å². The minimum Gasteiger partial charge on any atom is -0.388 e. The molecule has 0 aliphatic carbocycles. The summed E-state index contributed by atoms with van der Waals surface area (Å²) in [7, 11) is 1.56. The third-order valence-electron chi connectivity index (χ3n) is 1.31. The van der Waals surface area contributed by atoms with E-state index in [0.29, 0.717) is 13.2 Å². The molecule has 0 heterocycles. The first-order valence-corrected chi connectivity index (χ1v) is 3.51.